The van der Waals surface area contributed by atoms with Gasteiger partial charge in [-0.25, -0.2) is 19.2 Å². The Morgan fingerprint density at radius 3 is 2.51 bits per heavy atom. The summed E-state index contributed by atoms with van der Waals surface area (Å²) < 4.78 is 61.5. The molecule has 35 heavy (non-hydrogen) atoms. The van der Waals surface area contributed by atoms with Crippen LogP contribution in [0.25, 0.3) is 0 Å². The molecule has 1 amide bonds. The van der Waals surface area contributed by atoms with Crippen molar-refractivity contribution in [1.82, 2.24) is 9.97 Å². The topological polar surface area (TPSA) is 92.6 Å². The van der Waals surface area contributed by atoms with Gasteiger partial charge in [-0.05, 0) is 58.2 Å². The van der Waals surface area contributed by atoms with Crippen LogP contribution in [0.1, 0.15) is 57.1 Å². The summed E-state index contributed by atoms with van der Waals surface area (Å²) in [5.74, 6) is -3.05. The van der Waals surface area contributed by atoms with Crippen LogP contribution in [0.2, 0.25) is 0 Å². The van der Waals surface area contributed by atoms with Crippen molar-refractivity contribution in [2.75, 3.05) is 11.4 Å². The van der Waals surface area contributed by atoms with Crippen molar-refractivity contribution in [1.29, 1.82) is 0 Å². The van der Waals surface area contributed by atoms with Crippen molar-refractivity contribution in [3.63, 3.8) is 0 Å². The molecule has 0 spiro atoms. The van der Waals surface area contributed by atoms with Crippen molar-refractivity contribution < 1.29 is 37.0 Å². The number of halogens is 4. The van der Waals surface area contributed by atoms with Gasteiger partial charge in [-0.2, -0.15) is 13.2 Å². The number of ether oxygens (including phenoxy) is 1. The smallest absolute Gasteiger partial charge is 0.435 e. The zero-order chi connectivity index (χ0) is 26.2. The van der Waals surface area contributed by atoms with E-state index < -0.39 is 58.9 Å². The van der Waals surface area contributed by atoms with Crippen LogP contribution in [0.4, 0.5) is 28.0 Å². The average Bonchev–Trinajstić information content (AvgIpc) is 3.15. The molecule has 0 saturated heterocycles. The molecule has 3 rings (SSSR count). The first-order chi connectivity index (χ1) is 16.1. The van der Waals surface area contributed by atoms with Crippen LogP contribution in [-0.2, 0) is 21.1 Å². The number of alkyl halides is 3. The third kappa shape index (κ3) is 5.71. The average molecular weight is 497 g/mol. The van der Waals surface area contributed by atoms with Gasteiger partial charge >= 0.3 is 18.2 Å². The van der Waals surface area contributed by atoms with Gasteiger partial charge in [-0.1, -0.05) is 18.6 Å². The minimum Gasteiger partial charge on any atom is -0.481 e. The minimum absolute atomic E-state index is 0.158. The molecule has 7 nitrogen and oxygen atoms in total. The Morgan fingerprint density at radius 1 is 1.26 bits per heavy atom. The second kappa shape index (κ2) is 9.43. The van der Waals surface area contributed by atoms with E-state index in [4.69, 9.17) is 4.74 Å². The molecule has 1 fully saturated rings. The fourth-order valence-electron chi connectivity index (χ4n) is 4.57. The van der Waals surface area contributed by atoms with E-state index in [9.17, 15) is 32.3 Å². The molecule has 1 saturated carbocycles. The summed E-state index contributed by atoms with van der Waals surface area (Å²) in [6, 6.07) is 5.26. The van der Waals surface area contributed by atoms with Gasteiger partial charge in [0.05, 0.1) is 17.8 Å². The summed E-state index contributed by atoms with van der Waals surface area (Å²) in [6.07, 6.45) is -4.34. The van der Waals surface area contributed by atoms with E-state index in [0.717, 1.165) is 17.2 Å². The molecule has 1 N–H and O–H groups in total. The van der Waals surface area contributed by atoms with Crippen molar-refractivity contribution in [3.05, 3.63) is 53.4 Å². The lowest BCUT2D eigenvalue weighted by Gasteiger charge is -2.39. The van der Waals surface area contributed by atoms with E-state index in [1.807, 2.05) is 0 Å². The summed E-state index contributed by atoms with van der Waals surface area (Å²) >= 11 is 0. The molecule has 1 aromatic heterocycles. The van der Waals surface area contributed by atoms with E-state index >= 15 is 0 Å². The van der Waals surface area contributed by atoms with Crippen LogP contribution in [0.15, 0.2) is 30.5 Å². The van der Waals surface area contributed by atoms with Crippen LogP contribution >= 0.6 is 0 Å². The maximum Gasteiger partial charge on any atom is 0.435 e. The van der Waals surface area contributed by atoms with E-state index in [0.29, 0.717) is 6.42 Å². The van der Waals surface area contributed by atoms with Gasteiger partial charge in [-0.3, -0.25) is 9.69 Å². The lowest BCUT2D eigenvalue weighted by Crippen LogP contribution is -2.50. The number of carboxylic acids is 1. The fourth-order valence-corrected chi connectivity index (χ4v) is 4.57. The van der Waals surface area contributed by atoms with Gasteiger partial charge in [0, 0.05) is 12.0 Å². The molecule has 11 heteroatoms. The first-order valence-corrected chi connectivity index (χ1v) is 11.0. The van der Waals surface area contributed by atoms with Crippen LogP contribution < -0.4 is 4.90 Å². The highest BCUT2D eigenvalue weighted by Gasteiger charge is 2.51. The lowest BCUT2D eigenvalue weighted by molar-refractivity contribution is -0.144. The molecule has 0 bridgehead atoms. The molecular formula is C24H27F4N3O4. The summed E-state index contributed by atoms with van der Waals surface area (Å²) in [6.45, 7) is 5.44. The number of aromatic nitrogens is 2. The first kappa shape index (κ1) is 26.4. The highest BCUT2D eigenvalue weighted by atomic mass is 19.4. The second-order valence-corrected chi connectivity index (χ2v) is 9.66. The Kier molecular flexibility index (Phi) is 7.10. The third-order valence-electron chi connectivity index (χ3n) is 5.98. The Labute approximate surface area is 200 Å². The Bertz CT molecular complexity index is 1120. The zero-order valence-electron chi connectivity index (χ0n) is 19.8. The number of carbonyl (C=O) groups is 2. The molecule has 0 radical (unpaired) electrons. The van der Waals surface area contributed by atoms with Crippen LogP contribution in [0.3, 0.4) is 0 Å². The monoisotopic (exact) mass is 497 g/mol. The molecule has 190 valence electrons. The van der Waals surface area contributed by atoms with Crippen LogP contribution in [-0.4, -0.2) is 39.3 Å². The number of aryl methyl sites for hydroxylation is 1. The summed E-state index contributed by atoms with van der Waals surface area (Å²) in [5, 5.41) is 9.98. The molecule has 1 aliphatic carbocycles. The van der Waals surface area contributed by atoms with E-state index in [2.05, 4.69) is 9.97 Å². The number of benzene rings is 1. The summed E-state index contributed by atoms with van der Waals surface area (Å²) in [7, 11) is 0. The number of hydrogen-bond acceptors (Lipinski definition) is 5. The quantitative estimate of drug-likeness (QED) is 0.548. The fraction of sp³-hybridized carbons (Fsp3) is 0.500. The van der Waals surface area contributed by atoms with Crippen LogP contribution in [0, 0.1) is 18.7 Å². The normalized spacial score (nSPS) is 20.5. The van der Waals surface area contributed by atoms with Gasteiger partial charge in [0.1, 0.15) is 17.2 Å². The van der Waals surface area contributed by atoms with E-state index in [-0.39, 0.29) is 24.2 Å². The van der Waals surface area contributed by atoms with Gasteiger partial charge in [-0.15, -0.1) is 0 Å². The minimum atomic E-state index is -4.93. The summed E-state index contributed by atoms with van der Waals surface area (Å²) in [5.41, 5.74) is -4.18. The maximum atomic E-state index is 14.2. The zero-order valence-corrected chi connectivity index (χ0v) is 19.8. The Hall–Kier alpha value is -3.24. The van der Waals surface area contributed by atoms with Crippen molar-refractivity contribution in [2.24, 2.45) is 5.92 Å². The van der Waals surface area contributed by atoms with Crippen molar-refractivity contribution in [3.8, 4) is 0 Å². The molecule has 2 atom stereocenters. The second-order valence-electron chi connectivity index (χ2n) is 9.66. The number of carbonyl (C=O) groups excluding carboxylic acids is 1. The molecule has 1 aromatic carbocycles. The van der Waals surface area contributed by atoms with E-state index in [1.165, 1.54) is 25.1 Å². The number of nitrogens with zero attached hydrogens (tertiary/aromatic N) is 3. The largest absolute Gasteiger partial charge is 0.481 e. The Morgan fingerprint density at radius 2 is 1.94 bits per heavy atom. The van der Waals surface area contributed by atoms with Crippen molar-refractivity contribution in [2.45, 2.75) is 64.1 Å². The number of amides is 1. The molecule has 0 unspecified atom stereocenters. The SMILES string of the molecule is Cc1ncc(N(C[C@]2(c3cccc(F)c3)CCC[C@@H]2C(=O)O)C(=O)OC(C)(C)C)c(C(F)(F)F)n1. The number of carboxylic acid groups (broad SMARTS) is 1. The molecule has 1 heterocycles. The lowest BCUT2D eigenvalue weighted by atomic mass is 9.71. The molecular weight excluding hydrogens is 470 g/mol. The molecule has 1 aliphatic rings. The number of rotatable bonds is 5. The van der Waals surface area contributed by atoms with Crippen LogP contribution in [0.5, 0.6) is 0 Å². The highest BCUT2D eigenvalue weighted by molar-refractivity contribution is 5.89. The highest BCUT2D eigenvalue weighted by Crippen LogP contribution is 2.48. The van der Waals surface area contributed by atoms with Gasteiger partial charge < -0.3 is 9.84 Å². The van der Waals surface area contributed by atoms with Gasteiger partial charge in [0.15, 0.2) is 5.69 Å². The van der Waals surface area contributed by atoms with Gasteiger partial charge in [0.2, 0.25) is 0 Å². The van der Waals surface area contributed by atoms with E-state index in [1.54, 1.807) is 20.8 Å². The predicted molar refractivity (Wildman–Crippen MR) is 118 cm³/mol. The number of anilines is 1. The van der Waals surface area contributed by atoms with Gasteiger partial charge in [0.25, 0.3) is 0 Å². The van der Waals surface area contributed by atoms with Crippen molar-refractivity contribution >= 4 is 17.7 Å². The Balaban J connectivity index is 2.24. The summed E-state index contributed by atoms with van der Waals surface area (Å²) in [4.78, 5) is 33.6. The first-order valence-electron chi connectivity index (χ1n) is 11.0. The molecule has 0 aliphatic heterocycles. The molecule has 2 aromatic rings. The third-order valence-corrected chi connectivity index (χ3v) is 5.98. The maximum absolute atomic E-state index is 14.2. The number of hydrogen-bond donors (Lipinski definition) is 1. The predicted octanol–water partition coefficient (Wildman–Crippen LogP) is 5.51. The standard InChI is InChI=1S/C24H27F4N3O4/c1-14-29-12-18(19(30-14)24(26,27)28)31(21(34)35-22(2,3)4)13-23(10-6-9-17(23)20(32)33)15-7-5-8-16(25)11-15/h5,7-8,11-12,17H,6,9-10,13H2,1-4H3,(H,32,33)/t17-,23+/m1/s1. The number of aliphatic carboxylic acids is 1.